The molecule has 3 saturated carbocycles. The predicted molar refractivity (Wildman–Crippen MR) is 56.5 cm³/mol. The maximum Gasteiger partial charge on any atom is 0.0276 e. The number of halogens is 1. The third-order valence-electron chi connectivity index (χ3n) is 3.18. The van der Waals surface area contributed by atoms with Gasteiger partial charge in [0.2, 0.25) is 0 Å². The van der Waals surface area contributed by atoms with E-state index in [0.29, 0.717) is 0 Å². The van der Waals surface area contributed by atoms with E-state index in [1.165, 1.54) is 19.3 Å². The molecule has 2 atom stereocenters. The van der Waals surface area contributed by atoms with Crippen LogP contribution in [-0.2, 0) is 0 Å². The van der Waals surface area contributed by atoms with Crippen LogP contribution in [0.2, 0.25) is 0 Å². The molecule has 0 heterocycles. The molecule has 3 aliphatic rings. The van der Waals surface area contributed by atoms with Crippen molar-refractivity contribution < 1.29 is 0 Å². The monoisotopic (exact) mass is 228 g/mol. The Balaban J connectivity index is 2.11. The van der Waals surface area contributed by atoms with Crippen LogP contribution < -0.4 is 0 Å². The molecular weight excluding hydrogens is 212 g/mol. The Hall–Kier alpha value is 0.220. The maximum atomic E-state index is 3.79. The Morgan fingerprint density at radius 3 is 2.33 bits per heavy atom. The van der Waals surface area contributed by atoms with Crippen molar-refractivity contribution in [3.63, 3.8) is 0 Å². The fraction of sp³-hybridized carbons (Fsp3) is 0.818. The number of fused-ring (bicyclic) bond motifs is 2. The lowest BCUT2D eigenvalue weighted by Crippen LogP contribution is -2.44. The highest BCUT2D eigenvalue weighted by Crippen LogP contribution is 2.54. The van der Waals surface area contributed by atoms with Crippen LogP contribution >= 0.6 is 15.9 Å². The van der Waals surface area contributed by atoms with E-state index in [4.69, 9.17) is 0 Å². The van der Waals surface area contributed by atoms with Crippen molar-refractivity contribution >= 4 is 15.9 Å². The Labute approximate surface area is 83.6 Å². The van der Waals surface area contributed by atoms with Gasteiger partial charge in [0.15, 0.2) is 0 Å². The van der Waals surface area contributed by atoms with Gasteiger partial charge in [-0.25, -0.2) is 0 Å². The lowest BCUT2D eigenvalue weighted by molar-refractivity contribution is 0.231. The van der Waals surface area contributed by atoms with Crippen LogP contribution in [0.4, 0.5) is 0 Å². The van der Waals surface area contributed by atoms with Crippen LogP contribution in [0.25, 0.3) is 0 Å². The van der Waals surface area contributed by atoms with Gasteiger partial charge in [-0.2, -0.15) is 0 Å². The van der Waals surface area contributed by atoms with Crippen molar-refractivity contribution in [2.24, 2.45) is 17.8 Å². The van der Waals surface area contributed by atoms with Gasteiger partial charge in [-0.05, 0) is 30.6 Å². The number of hydrogen-bond acceptors (Lipinski definition) is 0. The fourth-order valence-corrected chi connectivity index (χ4v) is 3.79. The molecular formula is C11H17Br. The maximum absolute atomic E-state index is 3.79. The van der Waals surface area contributed by atoms with Gasteiger partial charge in [0.05, 0.1) is 0 Å². The first-order valence-corrected chi connectivity index (χ1v) is 5.97. The van der Waals surface area contributed by atoms with Crippen molar-refractivity contribution in [2.75, 3.05) is 0 Å². The summed E-state index contributed by atoms with van der Waals surface area (Å²) in [6.45, 7) is 4.56. The van der Waals surface area contributed by atoms with Crippen LogP contribution in [0, 0.1) is 17.8 Å². The Kier molecular flexibility index (Phi) is 2.33. The first-order valence-electron chi connectivity index (χ1n) is 5.06. The molecule has 0 aromatic rings. The zero-order valence-electron chi connectivity index (χ0n) is 7.89. The molecule has 0 amide bonds. The van der Waals surface area contributed by atoms with Gasteiger partial charge in [-0.15, -0.1) is 0 Å². The van der Waals surface area contributed by atoms with Crippen LogP contribution in [0.1, 0.15) is 33.1 Å². The molecule has 68 valence electrons. The Morgan fingerprint density at radius 1 is 1.33 bits per heavy atom. The van der Waals surface area contributed by atoms with Gasteiger partial charge >= 0.3 is 0 Å². The highest BCUT2D eigenvalue weighted by molar-refractivity contribution is 9.09. The van der Waals surface area contributed by atoms with Crippen LogP contribution in [0.15, 0.2) is 11.6 Å². The molecule has 1 heteroatoms. The van der Waals surface area contributed by atoms with E-state index in [9.17, 15) is 0 Å². The van der Waals surface area contributed by atoms with E-state index >= 15 is 0 Å². The van der Waals surface area contributed by atoms with Crippen LogP contribution in [0.3, 0.4) is 0 Å². The van der Waals surface area contributed by atoms with Crippen molar-refractivity contribution in [1.82, 2.24) is 0 Å². The van der Waals surface area contributed by atoms with Crippen molar-refractivity contribution in [1.29, 1.82) is 0 Å². The molecule has 12 heavy (non-hydrogen) atoms. The highest BCUT2D eigenvalue weighted by Gasteiger charge is 2.46. The smallest absolute Gasteiger partial charge is 0.0276 e. The molecule has 3 aliphatic carbocycles. The zero-order valence-corrected chi connectivity index (χ0v) is 9.47. The van der Waals surface area contributed by atoms with Crippen molar-refractivity contribution in [2.45, 2.75) is 37.9 Å². The van der Waals surface area contributed by atoms with Crippen molar-refractivity contribution in [3.05, 3.63) is 11.6 Å². The number of rotatable bonds is 1. The lowest BCUT2D eigenvalue weighted by atomic mass is 9.60. The van der Waals surface area contributed by atoms with E-state index in [0.717, 1.165) is 22.6 Å². The standard InChI is InChI=1S/C11H17Br/c1-7(2)6-10-8-4-3-5-9(10)11(8)12/h6-9,11H,3-5H2,1-2H3. The third-order valence-corrected chi connectivity index (χ3v) is 4.46. The quantitative estimate of drug-likeness (QED) is 0.474. The number of hydrogen-bond donors (Lipinski definition) is 0. The molecule has 3 fully saturated rings. The van der Waals surface area contributed by atoms with Crippen molar-refractivity contribution in [3.8, 4) is 0 Å². The normalized spacial score (nSPS) is 39.7. The van der Waals surface area contributed by atoms with E-state index in [2.05, 4.69) is 35.9 Å². The molecule has 0 N–H and O–H groups in total. The third kappa shape index (κ3) is 1.26. The van der Waals surface area contributed by atoms with Gasteiger partial charge in [0.25, 0.3) is 0 Å². The summed E-state index contributed by atoms with van der Waals surface area (Å²) in [5, 5.41) is 0. The Morgan fingerprint density at radius 2 is 1.92 bits per heavy atom. The summed E-state index contributed by atoms with van der Waals surface area (Å²) in [4.78, 5) is 0.816. The van der Waals surface area contributed by atoms with Gasteiger partial charge in [0, 0.05) is 4.83 Å². The first-order chi connectivity index (χ1) is 5.70. The SMILES string of the molecule is CC(C)C=C1C2CCCC1C2Br. The summed E-state index contributed by atoms with van der Waals surface area (Å²) in [7, 11) is 0. The molecule has 0 radical (unpaired) electrons. The van der Waals surface area contributed by atoms with E-state index in [1.54, 1.807) is 5.57 Å². The summed E-state index contributed by atoms with van der Waals surface area (Å²) >= 11 is 3.79. The summed E-state index contributed by atoms with van der Waals surface area (Å²) in [6, 6.07) is 0. The summed E-state index contributed by atoms with van der Waals surface area (Å²) in [6.07, 6.45) is 6.79. The van der Waals surface area contributed by atoms with E-state index < -0.39 is 0 Å². The molecule has 3 rings (SSSR count). The second kappa shape index (κ2) is 3.17. The first kappa shape index (κ1) is 8.80. The average molecular weight is 229 g/mol. The topological polar surface area (TPSA) is 0 Å². The molecule has 0 nitrogen and oxygen atoms in total. The second-order valence-corrected chi connectivity index (χ2v) is 5.56. The average Bonchev–Trinajstić information content (AvgIpc) is 2.05. The molecule has 2 bridgehead atoms. The minimum Gasteiger partial charge on any atom is -0.0878 e. The summed E-state index contributed by atoms with van der Waals surface area (Å²) < 4.78 is 0. The molecule has 0 aromatic carbocycles. The minimum absolute atomic E-state index is 0.739. The minimum atomic E-state index is 0.739. The Bertz CT molecular complexity index is 191. The molecule has 0 spiro atoms. The zero-order chi connectivity index (χ0) is 8.72. The van der Waals surface area contributed by atoms with Crippen LogP contribution in [-0.4, -0.2) is 4.83 Å². The molecule has 0 aromatic heterocycles. The van der Waals surface area contributed by atoms with Crippen LogP contribution in [0.5, 0.6) is 0 Å². The summed E-state index contributed by atoms with van der Waals surface area (Å²) in [5.41, 5.74) is 1.76. The summed E-state index contributed by atoms with van der Waals surface area (Å²) in [5.74, 6) is 2.53. The van der Waals surface area contributed by atoms with Gasteiger partial charge in [0.1, 0.15) is 0 Å². The highest BCUT2D eigenvalue weighted by atomic mass is 79.9. The number of alkyl halides is 1. The largest absolute Gasteiger partial charge is 0.0878 e. The predicted octanol–water partition coefficient (Wildman–Crippen LogP) is 3.76. The molecule has 0 saturated heterocycles. The molecule has 2 unspecified atom stereocenters. The lowest BCUT2D eigenvalue weighted by Gasteiger charge is -2.49. The molecule has 0 aliphatic heterocycles. The van der Waals surface area contributed by atoms with E-state index in [-0.39, 0.29) is 0 Å². The van der Waals surface area contributed by atoms with E-state index in [1.807, 2.05) is 0 Å². The fourth-order valence-electron chi connectivity index (χ4n) is 2.65. The van der Waals surface area contributed by atoms with Gasteiger partial charge in [-0.1, -0.05) is 47.8 Å². The van der Waals surface area contributed by atoms with Gasteiger partial charge < -0.3 is 0 Å². The van der Waals surface area contributed by atoms with Gasteiger partial charge in [-0.3, -0.25) is 0 Å². The number of allylic oxidation sites excluding steroid dienone is 2. The second-order valence-electron chi connectivity index (χ2n) is 4.50.